The summed E-state index contributed by atoms with van der Waals surface area (Å²) in [4.78, 5) is 0. The van der Waals surface area contributed by atoms with Crippen molar-refractivity contribution >= 4 is 0 Å². The highest BCUT2D eigenvalue weighted by Gasteiger charge is 2.17. The molecule has 1 heterocycles. The van der Waals surface area contributed by atoms with Gasteiger partial charge in [-0.05, 0) is 26.2 Å². The number of nitrogens with zero attached hydrogens (tertiary/aromatic N) is 1. The monoisotopic (exact) mass is 123 g/mol. The fourth-order valence-electron chi connectivity index (χ4n) is 1.39. The Bertz CT molecular complexity index is 227. The van der Waals surface area contributed by atoms with Gasteiger partial charge in [0.05, 0.1) is 5.69 Å². The average Bonchev–Trinajstić information content (AvgIpc) is 2.35. The first-order valence-electron chi connectivity index (χ1n) is 3.32. The summed E-state index contributed by atoms with van der Waals surface area (Å²) in [7, 11) is 0. The summed E-state index contributed by atoms with van der Waals surface area (Å²) >= 11 is 0. The number of aryl methyl sites for hydroxylation is 2. The largest absolute Gasteiger partial charge is 0.361 e. The summed E-state index contributed by atoms with van der Waals surface area (Å²) < 4.78 is 4.99. The number of rotatable bonds is 0. The zero-order chi connectivity index (χ0) is 6.27. The Balaban J connectivity index is 2.56. The van der Waals surface area contributed by atoms with Crippen LogP contribution in [0.1, 0.15) is 23.4 Å². The van der Waals surface area contributed by atoms with E-state index in [-0.39, 0.29) is 0 Å². The highest BCUT2D eigenvalue weighted by Crippen LogP contribution is 2.23. The van der Waals surface area contributed by atoms with Gasteiger partial charge in [0.2, 0.25) is 0 Å². The van der Waals surface area contributed by atoms with Crippen LogP contribution in [0.2, 0.25) is 0 Å². The highest BCUT2D eigenvalue weighted by atomic mass is 16.5. The van der Waals surface area contributed by atoms with Gasteiger partial charge in [0.15, 0.2) is 0 Å². The van der Waals surface area contributed by atoms with Gasteiger partial charge in [-0.25, -0.2) is 0 Å². The Morgan fingerprint density at radius 1 is 1.44 bits per heavy atom. The normalized spacial score (nSPS) is 16.1. The quantitative estimate of drug-likeness (QED) is 0.522. The van der Waals surface area contributed by atoms with Gasteiger partial charge in [-0.15, -0.1) is 0 Å². The van der Waals surface area contributed by atoms with Crippen LogP contribution in [0, 0.1) is 6.92 Å². The molecule has 1 aliphatic rings. The van der Waals surface area contributed by atoms with Gasteiger partial charge in [-0.1, -0.05) is 5.16 Å². The number of fused-ring (bicyclic) bond motifs is 1. The molecule has 9 heavy (non-hydrogen) atoms. The summed E-state index contributed by atoms with van der Waals surface area (Å²) in [5.41, 5.74) is 2.54. The summed E-state index contributed by atoms with van der Waals surface area (Å²) in [6.07, 6.45) is 3.55. The molecule has 1 aliphatic carbocycles. The second-order valence-electron chi connectivity index (χ2n) is 2.52. The molecule has 2 heteroatoms. The van der Waals surface area contributed by atoms with Gasteiger partial charge in [0.1, 0.15) is 5.76 Å². The molecule has 0 unspecified atom stereocenters. The molecule has 2 nitrogen and oxygen atoms in total. The molecule has 2 rings (SSSR count). The van der Waals surface area contributed by atoms with Gasteiger partial charge >= 0.3 is 0 Å². The molecule has 0 aliphatic heterocycles. The molecule has 0 atom stereocenters. The van der Waals surface area contributed by atoms with Crippen molar-refractivity contribution in [1.29, 1.82) is 0 Å². The van der Waals surface area contributed by atoms with Gasteiger partial charge < -0.3 is 4.52 Å². The van der Waals surface area contributed by atoms with E-state index in [4.69, 9.17) is 4.52 Å². The van der Waals surface area contributed by atoms with Crippen molar-refractivity contribution in [2.45, 2.75) is 26.2 Å². The molecule has 0 spiro atoms. The predicted octanol–water partition coefficient (Wildman–Crippen LogP) is 1.47. The molecular weight excluding hydrogens is 114 g/mol. The smallest absolute Gasteiger partial charge is 0.137 e. The third-order valence-corrected chi connectivity index (χ3v) is 1.91. The molecule has 0 saturated carbocycles. The third-order valence-electron chi connectivity index (χ3n) is 1.91. The van der Waals surface area contributed by atoms with Crippen LogP contribution in [0.15, 0.2) is 4.52 Å². The van der Waals surface area contributed by atoms with E-state index in [2.05, 4.69) is 5.16 Å². The molecule has 1 aromatic heterocycles. The lowest BCUT2D eigenvalue weighted by Crippen LogP contribution is -1.75. The lowest BCUT2D eigenvalue weighted by molar-refractivity contribution is 0.386. The van der Waals surface area contributed by atoms with Crippen molar-refractivity contribution in [3.8, 4) is 0 Å². The van der Waals surface area contributed by atoms with E-state index in [0.717, 1.165) is 12.2 Å². The summed E-state index contributed by atoms with van der Waals surface area (Å²) in [6, 6.07) is 0. The summed E-state index contributed by atoms with van der Waals surface area (Å²) in [6.45, 7) is 1.98. The fraction of sp³-hybridized carbons (Fsp3) is 0.571. The van der Waals surface area contributed by atoms with E-state index in [1.807, 2.05) is 6.92 Å². The van der Waals surface area contributed by atoms with Gasteiger partial charge in [-0.2, -0.15) is 0 Å². The van der Waals surface area contributed by atoms with Crippen LogP contribution in [0.3, 0.4) is 0 Å². The molecule has 48 valence electrons. The molecule has 0 radical (unpaired) electrons. The van der Waals surface area contributed by atoms with Crippen molar-refractivity contribution in [3.05, 3.63) is 17.0 Å². The Kier molecular flexibility index (Phi) is 0.891. The standard InChI is InChI=1S/C7H9NO/c1-5-6-3-2-4-7(6)8-9-5/h2-4H2,1H3. The average molecular weight is 123 g/mol. The molecule has 0 bridgehead atoms. The molecule has 0 aromatic carbocycles. The zero-order valence-corrected chi connectivity index (χ0v) is 5.48. The molecule has 0 saturated heterocycles. The Labute approximate surface area is 53.9 Å². The number of aromatic nitrogens is 1. The third kappa shape index (κ3) is 0.590. The minimum absolute atomic E-state index is 1.02. The van der Waals surface area contributed by atoms with Crippen molar-refractivity contribution in [2.75, 3.05) is 0 Å². The minimum Gasteiger partial charge on any atom is -0.361 e. The van der Waals surface area contributed by atoms with E-state index >= 15 is 0 Å². The summed E-state index contributed by atoms with van der Waals surface area (Å²) in [5, 5.41) is 3.92. The first-order valence-corrected chi connectivity index (χ1v) is 3.32. The van der Waals surface area contributed by atoms with Crippen LogP contribution in [0.4, 0.5) is 0 Å². The Morgan fingerprint density at radius 2 is 2.33 bits per heavy atom. The van der Waals surface area contributed by atoms with Gasteiger partial charge in [0, 0.05) is 5.56 Å². The fourth-order valence-corrected chi connectivity index (χ4v) is 1.39. The highest BCUT2D eigenvalue weighted by molar-refractivity contribution is 5.26. The van der Waals surface area contributed by atoms with Crippen molar-refractivity contribution in [1.82, 2.24) is 5.16 Å². The Hall–Kier alpha value is -0.790. The van der Waals surface area contributed by atoms with E-state index < -0.39 is 0 Å². The zero-order valence-electron chi connectivity index (χ0n) is 5.48. The predicted molar refractivity (Wildman–Crippen MR) is 33.3 cm³/mol. The van der Waals surface area contributed by atoms with Crippen LogP contribution in [-0.4, -0.2) is 5.16 Å². The molecule has 0 amide bonds. The second-order valence-corrected chi connectivity index (χ2v) is 2.52. The van der Waals surface area contributed by atoms with Crippen molar-refractivity contribution in [3.63, 3.8) is 0 Å². The lowest BCUT2D eigenvalue weighted by atomic mass is 10.2. The maximum Gasteiger partial charge on any atom is 0.137 e. The van der Waals surface area contributed by atoms with Crippen LogP contribution in [-0.2, 0) is 12.8 Å². The second kappa shape index (κ2) is 1.59. The van der Waals surface area contributed by atoms with Gasteiger partial charge in [-0.3, -0.25) is 0 Å². The van der Waals surface area contributed by atoms with Crippen LogP contribution < -0.4 is 0 Å². The lowest BCUT2D eigenvalue weighted by Gasteiger charge is -1.83. The maximum absolute atomic E-state index is 4.99. The van der Waals surface area contributed by atoms with Crippen molar-refractivity contribution in [2.24, 2.45) is 0 Å². The number of hydrogen-bond acceptors (Lipinski definition) is 2. The Morgan fingerprint density at radius 3 is 3.11 bits per heavy atom. The first-order chi connectivity index (χ1) is 4.38. The van der Waals surface area contributed by atoms with Crippen molar-refractivity contribution < 1.29 is 4.52 Å². The van der Waals surface area contributed by atoms with E-state index in [1.165, 1.54) is 24.1 Å². The molecule has 0 fully saturated rings. The van der Waals surface area contributed by atoms with Crippen LogP contribution in [0.5, 0.6) is 0 Å². The SMILES string of the molecule is Cc1onc2c1CCC2. The summed E-state index contributed by atoms with van der Waals surface area (Å²) in [5.74, 6) is 1.02. The maximum atomic E-state index is 4.99. The van der Waals surface area contributed by atoms with Crippen LogP contribution >= 0.6 is 0 Å². The van der Waals surface area contributed by atoms with Crippen LogP contribution in [0.25, 0.3) is 0 Å². The molecule has 1 aromatic rings. The first kappa shape index (κ1) is 5.03. The van der Waals surface area contributed by atoms with E-state index in [1.54, 1.807) is 0 Å². The minimum atomic E-state index is 1.02. The topological polar surface area (TPSA) is 26.0 Å². The van der Waals surface area contributed by atoms with E-state index in [0.29, 0.717) is 0 Å². The van der Waals surface area contributed by atoms with E-state index in [9.17, 15) is 0 Å². The molecule has 0 N–H and O–H groups in total. The van der Waals surface area contributed by atoms with Gasteiger partial charge in [0.25, 0.3) is 0 Å². The molecular formula is C7H9NO. The number of hydrogen-bond donors (Lipinski definition) is 0.